The Labute approximate surface area is 117 Å². The van der Waals surface area contributed by atoms with Gasteiger partial charge in [-0.1, -0.05) is 13.0 Å². The monoisotopic (exact) mass is 307 g/mol. The summed E-state index contributed by atoms with van der Waals surface area (Å²) in [6.45, 7) is 3.59. The van der Waals surface area contributed by atoms with Crippen LogP contribution < -0.4 is 4.72 Å². The normalized spacial score (nSPS) is 15.1. The smallest absolute Gasteiger partial charge is 0.215 e. The first-order valence-electron chi connectivity index (χ1n) is 6.29. The fraction of sp³-hybridized carbons (Fsp3) is 0.538. The molecule has 0 spiro atoms. The van der Waals surface area contributed by atoms with Gasteiger partial charge in [-0.15, -0.1) is 0 Å². The van der Waals surface area contributed by atoms with Crippen molar-refractivity contribution in [1.82, 2.24) is 4.72 Å². The molecule has 0 aromatic heterocycles. The van der Waals surface area contributed by atoms with Gasteiger partial charge in [0.15, 0.2) is 0 Å². The van der Waals surface area contributed by atoms with Gasteiger partial charge in [0.05, 0.1) is 11.9 Å². The molecule has 0 bridgehead atoms. The number of sulfonamides is 1. The maximum Gasteiger partial charge on any atom is 0.215 e. The predicted octanol–water partition coefficient (Wildman–Crippen LogP) is 1.79. The van der Waals surface area contributed by atoms with Crippen molar-refractivity contribution in [3.05, 3.63) is 35.4 Å². The van der Waals surface area contributed by atoms with Crippen molar-refractivity contribution >= 4 is 10.0 Å². The van der Waals surface area contributed by atoms with Crippen molar-refractivity contribution < 1.29 is 22.3 Å². The third kappa shape index (κ3) is 5.94. The topological polar surface area (TPSA) is 66.4 Å². The molecule has 0 radical (unpaired) electrons. The van der Waals surface area contributed by atoms with Crippen molar-refractivity contribution in [3.63, 3.8) is 0 Å². The van der Waals surface area contributed by atoms with Crippen molar-refractivity contribution in [3.8, 4) is 0 Å². The third-order valence-corrected chi connectivity index (χ3v) is 4.05. The molecule has 20 heavy (non-hydrogen) atoms. The van der Waals surface area contributed by atoms with Crippen LogP contribution in [-0.4, -0.2) is 26.2 Å². The van der Waals surface area contributed by atoms with Crippen molar-refractivity contribution in [2.24, 2.45) is 5.92 Å². The molecule has 0 aliphatic heterocycles. The van der Waals surface area contributed by atoms with E-state index in [0.29, 0.717) is 12.5 Å². The van der Waals surface area contributed by atoms with Crippen LogP contribution in [-0.2, 0) is 15.8 Å². The molecule has 0 heterocycles. The van der Waals surface area contributed by atoms with E-state index < -0.39 is 33.5 Å². The van der Waals surface area contributed by atoms with E-state index in [0.717, 1.165) is 12.1 Å². The highest BCUT2D eigenvalue weighted by Crippen LogP contribution is 2.13. The van der Waals surface area contributed by atoms with E-state index in [1.54, 1.807) is 13.8 Å². The van der Waals surface area contributed by atoms with Crippen LogP contribution in [0.15, 0.2) is 18.2 Å². The minimum atomic E-state index is -3.69. The van der Waals surface area contributed by atoms with Crippen LogP contribution in [0.2, 0.25) is 0 Å². The molecule has 114 valence electrons. The van der Waals surface area contributed by atoms with Crippen LogP contribution in [0.4, 0.5) is 8.78 Å². The summed E-state index contributed by atoms with van der Waals surface area (Å²) in [5.41, 5.74) is -0.0814. The fourth-order valence-corrected chi connectivity index (χ4v) is 3.11. The molecule has 0 saturated heterocycles. The summed E-state index contributed by atoms with van der Waals surface area (Å²) in [6.07, 6.45) is -0.0444. The SMILES string of the molecule is CC(O)CC(C)CNS(=O)(=O)Cc1ccc(F)cc1F. The van der Waals surface area contributed by atoms with Crippen LogP contribution >= 0.6 is 0 Å². The van der Waals surface area contributed by atoms with Gasteiger partial charge in [0.1, 0.15) is 11.6 Å². The molecule has 0 saturated carbocycles. The van der Waals surface area contributed by atoms with Gasteiger partial charge in [0.25, 0.3) is 0 Å². The molecule has 4 nitrogen and oxygen atoms in total. The number of aliphatic hydroxyl groups is 1. The molecule has 7 heteroatoms. The van der Waals surface area contributed by atoms with Gasteiger partial charge < -0.3 is 5.11 Å². The summed E-state index contributed by atoms with van der Waals surface area (Å²) in [4.78, 5) is 0. The fourth-order valence-electron chi connectivity index (χ4n) is 1.83. The molecule has 1 aromatic rings. The van der Waals surface area contributed by atoms with E-state index in [1.807, 2.05) is 0 Å². The van der Waals surface area contributed by atoms with Gasteiger partial charge >= 0.3 is 0 Å². The number of nitrogens with one attached hydrogen (secondary N) is 1. The lowest BCUT2D eigenvalue weighted by Gasteiger charge is -2.14. The molecule has 2 N–H and O–H groups in total. The lowest BCUT2D eigenvalue weighted by atomic mass is 10.1. The summed E-state index contributed by atoms with van der Waals surface area (Å²) in [5.74, 6) is -2.21. The molecular weight excluding hydrogens is 288 g/mol. The molecule has 0 aliphatic rings. The average Bonchev–Trinajstić information content (AvgIpc) is 2.30. The molecule has 2 atom stereocenters. The lowest BCUT2D eigenvalue weighted by molar-refractivity contribution is 0.165. The van der Waals surface area contributed by atoms with E-state index >= 15 is 0 Å². The van der Waals surface area contributed by atoms with E-state index in [4.69, 9.17) is 0 Å². The molecular formula is C13H19F2NO3S. The zero-order valence-electron chi connectivity index (χ0n) is 11.4. The highest BCUT2D eigenvalue weighted by Gasteiger charge is 2.16. The Morgan fingerprint density at radius 2 is 1.95 bits per heavy atom. The number of benzene rings is 1. The van der Waals surface area contributed by atoms with Crippen molar-refractivity contribution in [1.29, 1.82) is 0 Å². The number of hydrogen-bond donors (Lipinski definition) is 2. The molecule has 0 fully saturated rings. The Kier molecular flexibility index (Phi) is 6.04. The van der Waals surface area contributed by atoms with Gasteiger partial charge in [-0.25, -0.2) is 21.9 Å². The second kappa shape index (κ2) is 7.10. The summed E-state index contributed by atoms with van der Waals surface area (Å²) in [7, 11) is -3.69. The quantitative estimate of drug-likeness (QED) is 0.807. The van der Waals surface area contributed by atoms with Crippen molar-refractivity contribution in [2.75, 3.05) is 6.54 Å². The van der Waals surface area contributed by atoms with Crippen LogP contribution in [0.5, 0.6) is 0 Å². The van der Waals surface area contributed by atoms with Gasteiger partial charge in [0, 0.05) is 18.2 Å². The Bertz CT molecular complexity index is 547. The summed E-state index contributed by atoms with van der Waals surface area (Å²) < 4.78 is 52.1. The summed E-state index contributed by atoms with van der Waals surface area (Å²) in [6, 6.07) is 2.79. The Balaban J connectivity index is 2.61. The van der Waals surface area contributed by atoms with E-state index in [1.165, 1.54) is 0 Å². The highest BCUT2D eigenvalue weighted by molar-refractivity contribution is 7.88. The zero-order chi connectivity index (χ0) is 15.3. The Hall–Kier alpha value is -1.05. The lowest BCUT2D eigenvalue weighted by Crippen LogP contribution is -2.30. The van der Waals surface area contributed by atoms with E-state index in [-0.39, 0.29) is 18.0 Å². The second-order valence-electron chi connectivity index (χ2n) is 5.03. The predicted molar refractivity (Wildman–Crippen MR) is 72.4 cm³/mol. The first-order valence-corrected chi connectivity index (χ1v) is 7.94. The van der Waals surface area contributed by atoms with Crippen LogP contribution in [0.1, 0.15) is 25.8 Å². The Morgan fingerprint density at radius 1 is 1.30 bits per heavy atom. The Morgan fingerprint density at radius 3 is 2.50 bits per heavy atom. The maximum absolute atomic E-state index is 13.4. The van der Waals surface area contributed by atoms with Gasteiger partial charge in [-0.2, -0.15) is 0 Å². The largest absolute Gasteiger partial charge is 0.393 e. The average molecular weight is 307 g/mol. The summed E-state index contributed by atoms with van der Waals surface area (Å²) >= 11 is 0. The zero-order valence-corrected chi connectivity index (χ0v) is 12.3. The number of aliphatic hydroxyl groups excluding tert-OH is 1. The standard InChI is InChI=1S/C13H19F2NO3S/c1-9(5-10(2)17)7-16-20(18,19)8-11-3-4-12(14)6-13(11)15/h3-4,6,9-10,16-17H,5,7-8H2,1-2H3. The molecule has 1 rings (SSSR count). The highest BCUT2D eigenvalue weighted by atomic mass is 32.2. The number of rotatable bonds is 7. The molecule has 0 amide bonds. The third-order valence-electron chi connectivity index (χ3n) is 2.76. The van der Waals surface area contributed by atoms with Gasteiger partial charge in [-0.05, 0) is 25.3 Å². The molecule has 1 aromatic carbocycles. The summed E-state index contributed by atoms with van der Waals surface area (Å²) in [5, 5.41) is 9.19. The van der Waals surface area contributed by atoms with E-state index in [9.17, 15) is 22.3 Å². The van der Waals surface area contributed by atoms with Crippen LogP contribution in [0, 0.1) is 17.6 Å². The first-order chi connectivity index (χ1) is 9.19. The minimum absolute atomic E-state index is 0.0390. The number of hydrogen-bond acceptors (Lipinski definition) is 3. The second-order valence-corrected chi connectivity index (χ2v) is 6.84. The number of halogens is 2. The van der Waals surface area contributed by atoms with Crippen LogP contribution in [0.3, 0.4) is 0 Å². The minimum Gasteiger partial charge on any atom is -0.393 e. The molecule has 0 aliphatic carbocycles. The van der Waals surface area contributed by atoms with Crippen molar-refractivity contribution in [2.45, 2.75) is 32.1 Å². The van der Waals surface area contributed by atoms with E-state index in [2.05, 4.69) is 4.72 Å². The maximum atomic E-state index is 13.4. The van der Waals surface area contributed by atoms with Gasteiger partial charge in [0.2, 0.25) is 10.0 Å². The van der Waals surface area contributed by atoms with Gasteiger partial charge in [-0.3, -0.25) is 0 Å². The molecule has 2 unspecified atom stereocenters. The van der Waals surface area contributed by atoms with Crippen LogP contribution in [0.25, 0.3) is 0 Å². The first kappa shape index (κ1) is 17.0.